The van der Waals surface area contributed by atoms with Crippen LogP contribution < -0.4 is 11.0 Å². The number of benzene rings is 3. The number of phenols is 2. The summed E-state index contributed by atoms with van der Waals surface area (Å²) in [6.07, 6.45) is 0.994. The van der Waals surface area contributed by atoms with E-state index in [9.17, 15) is 24.6 Å². The van der Waals surface area contributed by atoms with Crippen LogP contribution in [0.2, 0.25) is 0 Å². The molecule has 3 N–H and O–H groups in total. The highest BCUT2D eigenvalue weighted by atomic mass is 16.5. The highest BCUT2D eigenvalue weighted by Gasteiger charge is 2.28. The summed E-state index contributed by atoms with van der Waals surface area (Å²) in [6.45, 7) is 0. The Morgan fingerprint density at radius 1 is 1.03 bits per heavy atom. The van der Waals surface area contributed by atoms with Crippen molar-refractivity contribution in [3.8, 4) is 22.6 Å². The number of aromatic hydroxyl groups is 2. The molecule has 0 fully saturated rings. The molecule has 0 radical (unpaired) electrons. The van der Waals surface area contributed by atoms with Crippen molar-refractivity contribution in [2.45, 2.75) is 12.3 Å². The van der Waals surface area contributed by atoms with Crippen molar-refractivity contribution in [1.29, 1.82) is 0 Å². The fourth-order valence-electron chi connectivity index (χ4n) is 4.43. The molecule has 2 aromatic heterocycles. The second kappa shape index (κ2) is 9.07. The first-order chi connectivity index (χ1) is 17.4. The lowest BCUT2D eigenvalue weighted by Crippen LogP contribution is -2.20. The number of aromatic amines is 1. The Kier molecular flexibility index (Phi) is 5.77. The number of nitrogens with one attached hydrogen (secondary N) is 1. The van der Waals surface area contributed by atoms with E-state index in [2.05, 4.69) is 4.98 Å². The van der Waals surface area contributed by atoms with E-state index >= 15 is 0 Å². The largest absolute Gasteiger partial charge is 0.508 e. The first kappa shape index (κ1) is 22.9. The maximum absolute atomic E-state index is 13.4. The molecule has 0 amide bonds. The maximum Gasteiger partial charge on any atom is 0.306 e. The number of fused-ring (bicyclic) bond motifs is 2. The SMILES string of the molecule is COC(=O)C[C@H](c1cc2ccccc2[nH]c1=O)c1c(O)ccc2c(=O)c(-c3ccc(O)cc3)coc12. The summed E-state index contributed by atoms with van der Waals surface area (Å²) in [5.41, 5.74) is 1.01. The average Bonchev–Trinajstić information content (AvgIpc) is 2.88. The van der Waals surface area contributed by atoms with Crippen LogP contribution in [0.15, 0.2) is 87.0 Å². The molecular weight excluding hydrogens is 462 g/mol. The summed E-state index contributed by atoms with van der Waals surface area (Å²) in [4.78, 5) is 41.7. The predicted molar refractivity (Wildman–Crippen MR) is 134 cm³/mol. The molecule has 0 spiro atoms. The number of rotatable bonds is 5. The zero-order valence-corrected chi connectivity index (χ0v) is 19.1. The van der Waals surface area contributed by atoms with Crippen LogP contribution >= 0.6 is 0 Å². The van der Waals surface area contributed by atoms with Gasteiger partial charge in [-0.3, -0.25) is 14.4 Å². The van der Waals surface area contributed by atoms with Gasteiger partial charge in [0.05, 0.1) is 24.5 Å². The van der Waals surface area contributed by atoms with Crippen molar-refractivity contribution in [3.05, 3.63) is 105 Å². The normalized spacial score (nSPS) is 12.0. The standard InChI is InChI=1S/C28H21NO7/c1-35-24(32)13-19(20-12-16-4-2-3-5-22(16)29-28(20)34)25-23(31)11-10-18-26(33)21(14-36-27(18)25)15-6-8-17(30)9-7-15/h2-12,14,19,30-31H,13H2,1H3,(H,29,34)/t19-/m1/s1. The average molecular weight is 483 g/mol. The molecule has 0 aliphatic carbocycles. The van der Waals surface area contributed by atoms with Crippen molar-refractivity contribution >= 4 is 27.8 Å². The first-order valence-electron chi connectivity index (χ1n) is 11.1. The Balaban J connectivity index is 1.76. The topological polar surface area (TPSA) is 130 Å². The van der Waals surface area contributed by atoms with Crippen molar-refractivity contribution in [3.63, 3.8) is 0 Å². The van der Waals surface area contributed by atoms with Crippen LogP contribution in [0.25, 0.3) is 33.0 Å². The number of carbonyl (C=O) groups is 1. The molecule has 0 unspecified atom stereocenters. The zero-order valence-electron chi connectivity index (χ0n) is 19.1. The molecule has 8 nitrogen and oxygen atoms in total. The van der Waals surface area contributed by atoms with Crippen molar-refractivity contribution < 1.29 is 24.2 Å². The number of pyridine rings is 1. The number of H-pyrrole nitrogens is 1. The number of esters is 1. The van der Waals surface area contributed by atoms with E-state index in [0.717, 1.165) is 5.39 Å². The Hall–Kier alpha value is -4.85. The third-order valence-corrected chi connectivity index (χ3v) is 6.24. The molecular formula is C28H21NO7. The van der Waals surface area contributed by atoms with E-state index in [-0.39, 0.29) is 51.0 Å². The van der Waals surface area contributed by atoms with Crippen LogP contribution in [0.4, 0.5) is 0 Å². The van der Waals surface area contributed by atoms with Gasteiger partial charge in [-0.15, -0.1) is 0 Å². The lowest BCUT2D eigenvalue weighted by Gasteiger charge is -2.19. The third-order valence-electron chi connectivity index (χ3n) is 6.24. The Morgan fingerprint density at radius 3 is 2.53 bits per heavy atom. The molecule has 8 heteroatoms. The summed E-state index contributed by atoms with van der Waals surface area (Å²) >= 11 is 0. The van der Waals surface area contributed by atoms with E-state index < -0.39 is 17.4 Å². The van der Waals surface area contributed by atoms with Gasteiger partial charge in [-0.05, 0) is 47.3 Å². The predicted octanol–water partition coefficient (Wildman–Crippen LogP) is 4.41. The van der Waals surface area contributed by atoms with Gasteiger partial charge in [-0.2, -0.15) is 0 Å². The highest BCUT2D eigenvalue weighted by molar-refractivity contribution is 5.88. The van der Waals surface area contributed by atoms with E-state index in [4.69, 9.17) is 9.15 Å². The number of para-hydroxylation sites is 1. The van der Waals surface area contributed by atoms with Gasteiger partial charge in [0.2, 0.25) is 5.43 Å². The molecule has 0 saturated heterocycles. The fraction of sp³-hybridized carbons (Fsp3) is 0.107. The summed E-state index contributed by atoms with van der Waals surface area (Å²) in [5.74, 6) is -1.74. The molecule has 5 aromatic rings. The van der Waals surface area contributed by atoms with Gasteiger partial charge in [0.25, 0.3) is 5.56 Å². The molecule has 2 heterocycles. The van der Waals surface area contributed by atoms with Gasteiger partial charge >= 0.3 is 5.97 Å². The van der Waals surface area contributed by atoms with E-state index in [1.807, 2.05) is 12.1 Å². The summed E-state index contributed by atoms with van der Waals surface area (Å²) in [6, 6.07) is 17.7. The van der Waals surface area contributed by atoms with E-state index in [0.29, 0.717) is 11.1 Å². The van der Waals surface area contributed by atoms with Crippen LogP contribution in [0.1, 0.15) is 23.5 Å². The van der Waals surface area contributed by atoms with E-state index in [1.165, 1.54) is 37.6 Å². The minimum Gasteiger partial charge on any atom is -0.508 e. The molecule has 180 valence electrons. The number of aromatic nitrogens is 1. The number of methoxy groups -OCH3 is 1. The Bertz CT molecular complexity index is 1730. The Morgan fingerprint density at radius 2 is 1.78 bits per heavy atom. The quantitative estimate of drug-likeness (QED) is 0.316. The fourth-order valence-corrected chi connectivity index (χ4v) is 4.43. The number of phenolic OH excluding ortho intramolecular Hbond substituents is 2. The van der Waals surface area contributed by atoms with Gasteiger partial charge in [-0.1, -0.05) is 30.3 Å². The van der Waals surface area contributed by atoms with Crippen LogP contribution in [0.3, 0.4) is 0 Å². The summed E-state index contributed by atoms with van der Waals surface area (Å²) < 4.78 is 10.7. The van der Waals surface area contributed by atoms with Crippen molar-refractivity contribution in [1.82, 2.24) is 4.98 Å². The van der Waals surface area contributed by atoms with E-state index in [1.54, 1.807) is 30.3 Å². The number of ether oxygens (including phenoxy) is 1. The lowest BCUT2D eigenvalue weighted by atomic mass is 9.86. The highest BCUT2D eigenvalue weighted by Crippen LogP contribution is 2.39. The van der Waals surface area contributed by atoms with Gasteiger partial charge in [-0.25, -0.2) is 0 Å². The molecule has 0 aliphatic heterocycles. The molecule has 5 rings (SSSR count). The molecule has 1 atom stereocenters. The molecule has 0 bridgehead atoms. The molecule has 36 heavy (non-hydrogen) atoms. The van der Waals surface area contributed by atoms with Crippen LogP contribution in [0.5, 0.6) is 11.5 Å². The van der Waals surface area contributed by atoms with Crippen LogP contribution in [0, 0.1) is 0 Å². The molecule has 0 aliphatic rings. The second-order valence-corrected chi connectivity index (χ2v) is 8.37. The summed E-state index contributed by atoms with van der Waals surface area (Å²) in [5, 5.41) is 21.4. The minimum atomic E-state index is -0.961. The monoisotopic (exact) mass is 483 g/mol. The van der Waals surface area contributed by atoms with Crippen molar-refractivity contribution in [2.24, 2.45) is 0 Å². The number of hydrogen-bond donors (Lipinski definition) is 3. The van der Waals surface area contributed by atoms with Gasteiger partial charge in [0.15, 0.2) is 0 Å². The van der Waals surface area contributed by atoms with Crippen LogP contribution in [-0.2, 0) is 9.53 Å². The van der Waals surface area contributed by atoms with Crippen LogP contribution in [-0.4, -0.2) is 28.3 Å². The third kappa shape index (κ3) is 3.98. The Labute approximate surface area is 204 Å². The van der Waals surface area contributed by atoms with Gasteiger partial charge in [0, 0.05) is 22.6 Å². The maximum atomic E-state index is 13.4. The molecule has 3 aromatic carbocycles. The minimum absolute atomic E-state index is 0.0578. The van der Waals surface area contributed by atoms with Gasteiger partial charge < -0.3 is 24.4 Å². The second-order valence-electron chi connectivity index (χ2n) is 8.37. The number of hydrogen-bond acceptors (Lipinski definition) is 7. The smallest absolute Gasteiger partial charge is 0.306 e. The van der Waals surface area contributed by atoms with Crippen molar-refractivity contribution in [2.75, 3.05) is 7.11 Å². The first-order valence-corrected chi connectivity index (χ1v) is 11.1. The molecule has 0 saturated carbocycles. The zero-order chi connectivity index (χ0) is 25.4. The van der Waals surface area contributed by atoms with Gasteiger partial charge in [0.1, 0.15) is 23.3 Å². The number of carbonyl (C=O) groups excluding carboxylic acids is 1. The summed E-state index contributed by atoms with van der Waals surface area (Å²) in [7, 11) is 1.23. The lowest BCUT2D eigenvalue weighted by molar-refractivity contribution is -0.140.